The summed E-state index contributed by atoms with van der Waals surface area (Å²) in [7, 11) is 1.64. The molecule has 6 heteroatoms. The number of ether oxygens (including phenoxy) is 1. The molecule has 3 rings (SSSR count). The molecule has 1 aromatic heterocycles. The first-order chi connectivity index (χ1) is 11.0. The number of aromatic nitrogens is 1. The summed E-state index contributed by atoms with van der Waals surface area (Å²) in [4.78, 5) is 7.43. The quantitative estimate of drug-likeness (QED) is 0.900. The molecule has 2 heterocycles. The van der Waals surface area contributed by atoms with Crippen molar-refractivity contribution < 1.29 is 9.84 Å². The van der Waals surface area contributed by atoms with Crippen molar-refractivity contribution in [2.24, 2.45) is 0 Å². The number of hydrogen-bond donors (Lipinski definition) is 2. The topological polar surface area (TPSA) is 69.4 Å². The van der Waals surface area contributed by atoms with E-state index in [0.717, 1.165) is 26.9 Å². The van der Waals surface area contributed by atoms with Gasteiger partial charge in [0.15, 0.2) is 0 Å². The number of aliphatic hydroxyl groups excluding tert-OH is 1. The molecule has 2 N–H and O–H groups in total. The molecule has 1 aliphatic rings. The molecule has 1 aliphatic heterocycles. The maximum Gasteiger partial charge on any atom is 0.135 e. The van der Waals surface area contributed by atoms with Crippen molar-refractivity contribution in [1.82, 2.24) is 9.88 Å². The zero-order chi connectivity index (χ0) is 16.6. The molecule has 0 saturated carbocycles. The van der Waals surface area contributed by atoms with Crippen LogP contribution in [0.2, 0.25) is 0 Å². The number of nitrogens with zero attached hydrogens (tertiary/aromatic N) is 2. The third-order valence-electron chi connectivity index (χ3n) is 3.96. The van der Waals surface area contributed by atoms with Gasteiger partial charge in [0.25, 0.3) is 0 Å². The number of aryl methyl sites for hydroxylation is 2. The number of rotatable bonds is 4. The first-order valence-corrected chi connectivity index (χ1v) is 8.14. The monoisotopic (exact) mass is 329 g/mol. The van der Waals surface area contributed by atoms with Crippen molar-refractivity contribution in [3.8, 4) is 5.75 Å². The Bertz CT molecular complexity index is 758. The Balaban J connectivity index is 1.79. The lowest BCUT2D eigenvalue weighted by Crippen LogP contribution is -2.26. The molecule has 0 radical (unpaired) electrons. The smallest absolute Gasteiger partial charge is 0.135 e. The minimum absolute atomic E-state index is 0.220. The molecular weight excluding hydrogens is 310 g/mol. The van der Waals surface area contributed by atoms with Gasteiger partial charge in [0.05, 0.1) is 24.9 Å². The van der Waals surface area contributed by atoms with Crippen LogP contribution in [0.4, 0.5) is 0 Å². The summed E-state index contributed by atoms with van der Waals surface area (Å²) >= 11 is 1.52. The second-order valence-corrected chi connectivity index (χ2v) is 6.74. The molecule has 120 valence electrons. The fourth-order valence-corrected chi connectivity index (χ4v) is 3.51. The average Bonchev–Trinajstić information content (AvgIpc) is 2.99. The molecule has 0 aliphatic carbocycles. The van der Waals surface area contributed by atoms with Gasteiger partial charge in [-0.2, -0.15) is 0 Å². The minimum Gasteiger partial charge on any atom is -0.510 e. The largest absolute Gasteiger partial charge is 0.510 e. The van der Waals surface area contributed by atoms with E-state index in [4.69, 9.17) is 10.1 Å². The fourth-order valence-electron chi connectivity index (χ4n) is 2.52. The van der Waals surface area contributed by atoms with Crippen LogP contribution in [0.25, 0.3) is 5.57 Å². The summed E-state index contributed by atoms with van der Waals surface area (Å²) in [6.07, 6.45) is 0. The predicted molar refractivity (Wildman–Crippen MR) is 92.3 cm³/mol. The third-order valence-corrected chi connectivity index (χ3v) is 5.05. The van der Waals surface area contributed by atoms with Crippen LogP contribution in [-0.4, -0.2) is 34.5 Å². The van der Waals surface area contributed by atoms with Gasteiger partial charge in [-0.25, -0.2) is 4.98 Å². The van der Waals surface area contributed by atoms with Gasteiger partial charge in [-0.3, -0.25) is 5.41 Å². The van der Waals surface area contributed by atoms with Gasteiger partial charge in [0, 0.05) is 11.4 Å². The van der Waals surface area contributed by atoms with Crippen LogP contribution in [0.5, 0.6) is 5.75 Å². The maximum atomic E-state index is 10.3. The zero-order valence-electron chi connectivity index (χ0n) is 13.4. The molecule has 0 saturated heterocycles. The predicted octanol–water partition coefficient (Wildman–Crippen LogP) is 3.53. The van der Waals surface area contributed by atoms with Gasteiger partial charge in [-0.15, -0.1) is 11.3 Å². The highest BCUT2D eigenvalue weighted by atomic mass is 32.1. The molecule has 5 nitrogen and oxygen atoms in total. The molecule has 0 spiro atoms. The van der Waals surface area contributed by atoms with Gasteiger partial charge < -0.3 is 14.7 Å². The number of benzene rings is 1. The van der Waals surface area contributed by atoms with Crippen LogP contribution in [0.15, 0.2) is 30.0 Å². The lowest BCUT2D eigenvalue weighted by atomic mass is 10.2. The molecule has 1 aromatic carbocycles. The first kappa shape index (κ1) is 15.6. The van der Waals surface area contributed by atoms with E-state index in [1.165, 1.54) is 11.3 Å². The van der Waals surface area contributed by atoms with Gasteiger partial charge in [0.2, 0.25) is 0 Å². The van der Waals surface area contributed by atoms with E-state index in [0.29, 0.717) is 24.5 Å². The number of thiazole rings is 1. The van der Waals surface area contributed by atoms with Gasteiger partial charge in [-0.1, -0.05) is 12.1 Å². The highest BCUT2D eigenvalue weighted by molar-refractivity contribution is 7.13. The van der Waals surface area contributed by atoms with E-state index in [9.17, 15) is 5.11 Å². The van der Waals surface area contributed by atoms with Crippen LogP contribution in [0.3, 0.4) is 0 Å². The molecule has 0 atom stereocenters. The Morgan fingerprint density at radius 2 is 2.00 bits per heavy atom. The summed E-state index contributed by atoms with van der Waals surface area (Å²) < 4.78 is 5.15. The van der Waals surface area contributed by atoms with Crippen LogP contribution in [0, 0.1) is 19.3 Å². The molecular formula is C17H19N3O2S. The second kappa shape index (κ2) is 6.04. The van der Waals surface area contributed by atoms with E-state index in [1.807, 2.05) is 43.0 Å². The highest BCUT2D eigenvalue weighted by Gasteiger charge is 2.30. The van der Waals surface area contributed by atoms with Gasteiger partial charge >= 0.3 is 0 Å². The summed E-state index contributed by atoms with van der Waals surface area (Å²) in [5.74, 6) is 1.35. The standard InChI is InChI=1S/C17H19N3O2S/c1-10-11(2)23-17(19-10)15-14(21)9-20(16(15)18)8-12-4-6-13(22-3)7-5-12/h4-7,18,21H,8-9H2,1-3H3. The summed E-state index contributed by atoms with van der Waals surface area (Å²) in [6.45, 7) is 4.86. The average molecular weight is 329 g/mol. The molecule has 0 unspecified atom stereocenters. The van der Waals surface area contributed by atoms with E-state index in [1.54, 1.807) is 7.11 Å². The van der Waals surface area contributed by atoms with Crippen LogP contribution in [0.1, 0.15) is 21.1 Å². The van der Waals surface area contributed by atoms with E-state index < -0.39 is 0 Å². The minimum atomic E-state index is 0.220. The SMILES string of the molecule is COc1ccc(CN2CC(O)=C(c3nc(C)c(C)s3)C2=N)cc1. The van der Waals surface area contributed by atoms with Gasteiger partial charge in [0.1, 0.15) is 22.4 Å². The Kier molecular flexibility index (Phi) is 4.09. The zero-order valence-corrected chi connectivity index (χ0v) is 14.2. The second-order valence-electron chi connectivity index (χ2n) is 5.54. The summed E-state index contributed by atoms with van der Waals surface area (Å²) in [6, 6.07) is 7.74. The van der Waals surface area contributed by atoms with Crippen LogP contribution >= 0.6 is 11.3 Å². The number of hydrogen-bond acceptors (Lipinski definition) is 5. The Hall–Kier alpha value is -2.34. The van der Waals surface area contributed by atoms with E-state index >= 15 is 0 Å². The number of methoxy groups -OCH3 is 1. The van der Waals surface area contributed by atoms with Crippen molar-refractivity contribution >= 4 is 22.7 Å². The van der Waals surface area contributed by atoms with Crippen molar-refractivity contribution in [3.05, 3.63) is 51.2 Å². The Morgan fingerprint density at radius 1 is 1.30 bits per heavy atom. The third kappa shape index (κ3) is 2.94. The molecule has 2 aromatic rings. The van der Waals surface area contributed by atoms with Crippen molar-refractivity contribution in [2.45, 2.75) is 20.4 Å². The van der Waals surface area contributed by atoms with E-state index in [2.05, 4.69) is 4.98 Å². The normalized spacial score (nSPS) is 14.7. The summed E-state index contributed by atoms with van der Waals surface area (Å²) in [5.41, 5.74) is 2.57. The number of aliphatic hydroxyl groups is 1. The molecule has 23 heavy (non-hydrogen) atoms. The molecule has 0 amide bonds. The summed E-state index contributed by atoms with van der Waals surface area (Å²) in [5, 5.41) is 19.4. The maximum absolute atomic E-state index is 10.3. The van der Waals surface area contributed by atoms with Crippen LogP contribution < -0.4 is 4.74 Å². The fraction of sp³-hybridized carbons (Fsp3) is 0.294. The van der Waals surface area contributed by atoms with Crippen molar-refractivity contribution in [1.29, 1.82) is 5.41 Å². The highest BCUT2D eigenvalue weighted by Crippen LogP contribution is 2.32. The van der Waals surface area contributed by atoms with Gasteiger partial charge in [-0.05, 0) is 31.5 Å². The lowest BCUT2D eigenvalue weighted by molar-refractivity contribution is 0.346. The first-order valence-electron chi connectivity index (χ1n) is 7.33. The Morgan fingerprint density at radius 3 is 2.57 bits per heavy atom. The Labute approximate surface area is 139 Å². The van der Waals surface area contributed by atoms with E-state index in [-0.39, 0.29) is 5.76 Å². The number of nitrogens with one attached hydrogen (secondary N) is 1. The molecule has 0 bridgehead atoms. The van der Waals surface area contributed by atoms with Crippen LogP contribution in [-0.2, 0) is 6.54 Å². The lowest BCUT2D eigenvalue weighted by Gasteiger charge is -2.18. The van der Waals surface area contributed by atoms with Crippen molar-refractivity contribution in [2.75, 3.05) is 13.7 Å². The number of amidine groups is 1. The molecule has 0 fully saturated rings. The van der Waals surface area contributed by atoms with Crippen molar-refractivity contribution in [3.63, 3.8) is 0 Å².